The van der Waals surface area contributed by atoms with E-state index in [1.165, 1.54) is 0 Å². The average Bonchev–Trinajstić information content (AvgIpc) is 3.55. The molecule has 0 aliphatic carbocycles. The Morgan fingerprint density at radius 2 is 1.77 bits per heavy atom. The van der Waals surface area contributed by atoms with E-state index in [1.807, 2.05) is 54.9 Å². The highest BCUT2D eigenvalue weighted by Crippen LogP contribution is 2.46. The number of pyridine rings is 2. The van der Waals surface area contributed by atoms with Gasteiger partial charge in [0.15, 0.2) is 16.6 Å². The van der Waals surface area contributed by atoms with E-state index in [1.54, 1.807) is 0 Å². The molecule has 2 aliphatic rings. The van der Waals surface area contributed by atoms with Crippen molar-refractivity contribution in [1.82, 2.24) is 19.9 Å². The molecule has 176 valence electrons. The summed E-state index contributed by atoms with van der Waals surface area (Å²) in [5.74, 6) is 2.40. The van der Waals surface area contributed by atoms with Crippen molar-refractivity contribution in [1.29, 1.82) is 0 Å². The minimum absolute atomic E-state index is 0.123. The van der Waals surface area contributed by atoms with Gasteiger partial charge < -0.3 is 24.3 Å². The predicted molar refractivity (Wildman–Crippen MR) is 138 cm³/mol. The van der Waals surface area contributed by atoms with Crippen LogP contribution in [0.5, 0.6) is 11.5 Å². The van der Waals surface area contributed by atoms with Crippen LogP contribution in [0.4, 0.5) is 5.69 Å². The zero-order valence-electron chi connectivity index (χ0n) is 19.7. The highest BCUT2D eigenvalue weighted by Gasteiger charge is 2.42. The van der Waals surface area contributed by atoms with Gasteiger partial charge in [0, 0.05) is 35.5 Å². The lowest BCUT2D eigenvalue weighted by Gasteiger charge is -2.28. The van der Waals surface area contributed by atoms with Crippen LogP contribution in [-0.2, 0) is 0 Å². The lowest BCUT2D eigenvalue weighted by atomic mass is 9.96. The van der Waals surface area contributed by atoms with Crippen LogP contribution in [-0.4, -0.2) is 26.4 Å². The fourth-order valence-corrected chi connectivity index (χ4v) is 5.45. The molecule has 2 atom stereocenters. The second-order valence-corrected chi connectivity index (χ2v) is 9.23. The number of rotatable bonds is 4. The first-order valence-corrected chi connectivity index (χ1v) is 11.9. The second-order valence-electron chi connectivity index (χ2n) is 8.84. The summed E-state index contributed by atoms with van der Waals surface area (Å²) in [5.41, 5.74) is 6.38. The van der Waals surface area contributed by atoms with E-state index in [4.69, 9.17) is 21.7 Å². The van der Waals surface area contributed by atoms with Gasteiger partial charge in [-0.2, -0.15) is 0 Å². The maximum atomic E-state index is 5.90. The molecular weight excluding hydrogens is 458 g/mol. The van der Waals surface area contributed by atoms with Gasteiger partial charge in [-0.25, -0.2) is 4.98 Å². The number of benzene rings is 1. The smallest absolute Gasteiger partial charge is 0.231 e. The fraction of sp³-hybridized carbons (Fsp3) is 0.222. The third-order valence-corrected chi connectivity index (χ3v) is 7.03. The summed E-state index contributed by atoms with van der Waals surface area (Å²) in [6.45, 7) is 6.58. The van der Waals surface area contributed by atoms with Gasteiger partial charge >= 0.3 is 0 Å². The van der Waals surface area contributed by atoms with Gasteiger partial charge in [0.05, 0.1) is 17.8 Å². The Kier molecular flexibility index (Phi) is 5.18. The molecule has 4 aromatic rings. The molecule has 0 bridgehead atoms. The van der Waals surface area contributed by atoms with E-state index in [-0.39, 0.29) is 18.9 Å². The van der Waals surface area contributed by atoms with Crippen LogP contribution in [0.3, 0.4) is 0 Å². The normalized spacial score (nSPS) is 18.7. The van der Waals surface area contributed by atoms with Crippen LogP contribution < -0.4 is 19.7 Å². The number of thiocarbonyl (C=S) groups is 1. The number of hydrogen-bond acceptors (Lipinski definition) is 5. The highest BCUT2D eigenvalue weighted by atomic mass is 32.1. The average molecular weight is 484 g/mol. The lowest BCUT2D eigenvalue weighted by Crippen LogP contribution is -2.29. The molecule has 1 fully saturated rings. The minimum Gasteiger partial charge on any atom is -0.454 e. The summed E-state index contributed by atoms with van der Waals surface area (Å²) in [6.07, 6.45) is 3.66. The van der Waals surface area contributed by atoms with Crippen molar-refractivity contribution >= 4 is 23.0 Å². The standard InChI is InChI=1S/C27H25N5O2S/c1-16-7-6-12-29-26(16)31-17(2)13-20(18(31)3)25-24(21-8-4-5-11-28-21)30-27(35)32(25)19-9-10-22-23(14-19)34-15-33-22/h4-14,24-25H,15H2,1-3H3,(H,30,35)/t24-,25+/m1/s1. The van der Waals surface area contributed by atoms with Crippen molar-refractivity contribution in [2.24, 2.45) is 0 Å². The number of aryl methyl sites for hydroxylation is 2. The topological polar surface area (TPSA) is 64.4 Å². The van der Waals surface area contributed by atoms with Gasteiger partial charge in [0.25, 0.3) is 0 Å². The molecule has 1 N–H and O–H groups in total. The molecule has 6 rings (SSSR count). The van der Waals surface area contributed by atoms with Gasteiger partial charge in [0.2, 0.25) is 6.79 Å². The van der Waals surface area contributed by atoms with Crippen LogP contribution in [0.1, 0.15) is 40.3 Å². The Labute approximate surface area is 209 Å². The molecular formula is C27H25N5O2S. The molecule has 0 saturated carbocycles. The van der Waals surface area contributed by atoms with Crippen LogP contribution in [0.2, 0.25) is 0 Å². The van der Waals surface area contributed by atoms with E-state index in [0.29, 0.717) is 5.11 Å². The van der Waals surface area contributed by atoms with Crippen molar-refractivity contribution < 1.29 is 9.47 Å². The SMILES string of the molecule is Cc1cccnc1-n1c(C)cc([C@H]2[C@@H](c3ccccn3)NC(=S)N2c2ccc3c(c2)OCO3)c1C. The zero-order chi connectivity index (χ0) is 24.1. The van der Waals surface area contributed by atoms with Crippen molar-refractivity contribution in [3.05, 3.63) is 95.2 Å². The molecule has 0 unspecified atom stereocenters. The Hall–Kier alpha value is -3.91. The third kappa shape index (κ3) is 3.52. The van der Waals surface area contributed by atoms with Crippen LogP contribution in [0.25, 0.3) is 5.82 Å². The number of aromatic nitrogens is 3. The molecule has 7 nitrogen and oxygen atoms in total. The molecule has 0 radical (unpaired) electrons. The first-order chi connectivity index (χ1) is 17.0. The van der Waals surface area contributed by atoms with E-state index in [2.05, 4.69) is 57.7 Å². The summed E-state index contributed by atoms with van der Waals surface area (Å²) < 4.78 is 13.4. The first kappa shape index (κ1) is 21.6. The summed E-state index contributed by atoms with van der Waals surface area (Å²) in [5, 5.41) is 4.18. The maximum absolute atomic E-state index is 5.90. The van der Waals surface area contributed by atoms with Gasteiger partial charge in [-0.3, -0.25) is 4.98 Å². The monoisotopic (exact) mass is 483 g/mol. The minimum atomic E-state index is -0.132. The molecule has 8 heteroatoms. The Bertz CT molecular complexity index is 1440. The van der Waals surface area contributed by atoms with E-state index in [9.17, 15) is 0 Å². The summed E-state index contributed by atoms with van der Waals surface area (Å²) >= 11 is 5.90. The molecule has 0 spiro atoms. The second kappa shape index (κ2) is 8.39. The summed E-state index contributed by atoms with van der Waals surface area (Å²) in [7, 11) is 0. The Balaban J connectivity index is 1.52. The molecule has 1 aromatic carbocycles. The zero-order valence-corrected chi connectivity index (χ0v) is 20.5. The molecule has 1 saturated heterocycles. The van der Waals surface area contributed by atoms with Crippen LogP contribution in [0.15, 0.2) is 67.0 Å². The van der Waals surface area contributed by atoms with E-state index in [0.717, 1.165) is 51.2 Å². The number of hydrogen-bond donors (Lipinski definition) is 1. The highest BCUT2D eigenvalue weighted by molar-refractivity contribution is 7.80. The van der Waals surface area contributed by atoms with Crippen LogP contribution in [0, 0.1) is 20.8 Å². The largest absolute Gasteiger partial charge is 0.454 e. The molecule has 5 heterocycles. The molecule has 35 heavy (non-hydrogen) atoms. The summed E-state index contributed by atoms with van der Waals surface area (Å²) in [6, 6.07) is 18.0. The molecule has 3 aromatic heterocycles. The third-order valence-electron chi connectivity index (χ3n) is 6.71. The number of anilines is 1. The number of ether oxygens (including phenoxy) is 2. The number of nitrogens with one attached hydrogen (secondary N) is 1. The number of fused-ring (bicyclic) bond motifs is 1. The molecule has 2 aliphatic heterocycles. The predicted octanol–water partition coefficient (Wildman–Crippen LogP) is 5.10. The quantitative estimate of drug-likeness (QED) is 0.405. The lowest BCUT2D eigenvalue weighted by molar-refractivity contribution is 0.174. The van der Waals surface area contributed by atoms with Crippen molar-refractivity contribution in [3.63, 3.8) is 0 Å². The van der Waals surface area contributed by atoms with E-state index < -0.39 is 0 Å². The van der Waals surface area contributed by atoms with Gasteiger partial charge in [-0.1, -0.05) is 12.1 Å². The maximum Gasteiger partial charge on any atom is 0.231 e. The van der Waals surface area contributed by atoms with Crippen molar-refractivity contribution in [2.45, 2.75) is 32.9 Å². The van der Waals surface area contributed by atoms with Gasteiger partial charge in [-0.05, 0) is 80.5 Å². The number of nitrogens with zero attached hydrogens (tertiary/aromatic N) is 4. The van der Waals surface area contributed by atoms with Gasteiger partial charge in [-0.15, -0.1) is 0 Å². The summed E-state index contributed by atoms with van der Waals surface area (Å²) in [4.78, 5) is 11.5. The van der Waals surface area contributed by atoms with E-state index >= 15 is 0 Å². The fourth-order valence-electron chi connectivity index (χ4n) is 5.11. The van der Waals surface area contributed by atoms with Crippen LogP contribution >= 0.6 is 12.2 Å². The first-order valence-electron chi connectivity index (χ1n) is 11.5. The Morgan fingerprint density at radius 3 is 2.57 bits per heavy atom. The Morgan fingerprint density at radius 1 is 0.943 bits per heavy atom. The van der Waals surface area contributed by atoms with Crippen molar-refractivity contribution in [3.8, 4) is 17.3 Å². The van der Waals surface area contributed by atoms with Crippen molar-refractivity contribution in [2.75, 3.05) is 11.7 Å². The molecule has 0 amide bonds. The van der Waals surface area contributed by atoms with Gasteiger partial charge in [0.1, 0.15) is 5.82 Å².